The normalized spacial score (nSPS) is 17.1. The fraction of sp³-hybridized carbons (Fsp3) is 0.387. The molecule has 1 unspecified atom stereocenters. The average molecular weight is 500 g/mol. The van der Waals surface area contributed by atoms with Gasteiger partial charge in [-0.2, -0.15) is 0 Å². The smallest absolute Gasteiger partial charge is 0.228 e. The van der Waals surface area contributed by atoms with Crippen LogP contribution < -0.4 is 25.4 Å². The summed E-state index contributed by atoms with van der Waals surface area (Å²) < 4.78 is 11.6. The van der Waals surface area contributed by atoms with Crippen molar-refractivity contribution in [3.05, 3.63) is 83.9 Å². The Morgan fingerprint density at radius 1 is 0.892 bits per heavy atom. The van der Waals surface area contributed by atoms with Crippen LogP contribution in [0.15, 0.2) is 72.8 Å². The largest absolute Gasteiger partial charge is 0.493 e. The van der Waals surface area contributed by atoms with E-state index in [0.717, 1.165) is 49.0 Å². The van der Waals surface area contributed by atoms with E-state index in [-0.39, 0.29) is 11.9 Å². The molecule has 1 atom stereocenters. The second kappa shape index (κ2) is 11.2. The Hall–Kier alpha value is -3.67. The van der Waals surface area contributed by atoms with Gasteiger partial charge < -0.3 is 25.4 Å². The van der Waals surface area contributed by atoms with Gasteiger partial charge in [0.05, 0.1) is 31.5 Å². The summed E-state index contributed by atoms with van der Waals surface area (Å²) in [6.45, 7) is 0. The molecule has 0 saturated heterocycles. The van der Waals surface area contributed by atoms with E-state index in [1.165, 1.54) is 12.0 Å². The van der Waals surface area contributed by atoms with E-state index in [0.29, 0.717) is 17.9 Å². The number of ether oxygens (including phenoxy) is 2. The number of anilines is 2. The van der Waals surface area contributed by atoms with Gasteiger partial charge in [0.1, 0.15) is 0 Å². The molecule has 0 bridgehead atoms. The molecule has 0 aromatic heterocycles. The van der Waals surface area contributed by atoms with Crippen molar-refractivity contribution in [1.82, 2.24) is 5.32 Å². The van der Waals surface area contributed by atoms with Crippen molar-refractivity contribution >= 4 is 17.3 Å². The third-order valence-corrected chi connectivity index (χ3v) is 7.77. The van der Waals surface area contributed by atoms with Crippen LogP contribution in [0.3, 0.4) is 0 Å². The number of nitrogens with one attached hydrogen (secondary N) is 3. The third kappa shape index (κ3) is 5.10. The lowest BCUT2D eigenvalue weighted by molar-refractivity contribution is -0.127. The molecule has 37 heavy (non-hydrogen) atoms. The molecule has 0 radical (unpaired) electrons. The molecule has 5 rings (SSSR count). The van der Waals surface area contributed by atoms with E-state index in [1.807, 2.05) is 48.5 Å². The van der Waals surface area contributed by atoms with Crippen LogP contribution in [0.2, 0.25) is 0 Å². The Balaban J connectivity index is 1.59. The fourth-order valence-electron chi connectivity index (χ4n) is 5.90. The minimum atomic E-state index is -0.920. The second-order valence-corrected chi connectivity index (χ2v) is 10.1. The van der Waals surface area contributed by atoms with Gasteiger partial charge in [0.15, 0.2) is 17.2 Å². The molecule has 6 nitrogen and oxygen atoms in total. The maximum Gasteiger partial charge on any atom is 0.228 e. The zero-order valence-electron chi connectivity index (χ0n) is 21.8. The number of rotatable bonds is 9. The molecule has 1 aliphatic carbocycles. The van der Waals surface area contributed by atoms with Crippen molar-refractivity contribution in [2.45, 2.75) is 56.7 Å². The lowest BCUT2D eigenvalue weighted by Crippen LogP contribution is -2.54. The van der Waals surface area contributed by atoms with Gasteiger partial charge in [-0.25, -0.2) is 0 Å². The average Bonchev–Trinajstić information content (AvgIpc) is 3.34. The van der Waals surface area contributed by atoms with Crippen molar-refractivity contribution in [1.29, 1.82) is 0 Å². The maximum absolute atomic E-state index is 14.2. The minimum Gasteiger partial charge on any atom is -0.493 e. The van der Waals surface area contributed by atoms with E-state index in [2.05, 4.69) is 40.2 Å². The molecule has 1 fully saturated rings. The van der Waals surface area contributed by atoms with Crippen molar-refractivity contribution in [3.63, 3.8) is 0 Å². The minimum absolute atomic E-state index is 0.0560. The van der Waals surface area contributed by atoms with Crippen LogP contribution >= 0.6 is 0 Å². The van der Waals surface area contributed by atoms with Crippen LogP contribution in [-0.2, 0) is 16.9 Å². The second-order valence-electron chi connectivity index (χ2n) is 10.1. The highest BCUT2D eigenvalue weighted by molar-refractivity contribution is 5.87. The molecule has 3 aromatic rings. The number of carbonyl (C=O) groups excluding carboxylic acids is 1. The van der Waals surface area contributed by atoms with Crippen LogP contribution in [-0.4, -0.2) is 26.2 Å². The lowest BCUT2D eigenvalue weighted by atomic mass is 9.80. The fourth-order valence-corrected chi connectivity index (χ4v) is 5.90. The van der Waals surface area contributed by atoms with E-state index < -0.39 is 11.6 Å². The number of methoxy groups -OCH3 is 2. The lowest BCUT2D eigenvalue weighted by Gasteiger charge is -2.40. The molecule has 0 spiro atoms. The topological polar surface area (TPSA) is 71.6 Å². The highest BCUT2D eigenvalue weighted by atomic mass is 16.5. The number of aryl methyl sites for hydroxylation is 1. The number of para-hydroxylation sites is 3. The molecule has 1 saturated carbocycles. The highest BCUT2D eigenvalue weighted by Crippen LogP contribution is 2.49. The summed E-state index contributed by atoms with van der Waals surface area (Å²) in [6.07, 6.45) is 7.07. The first-order valence-electron chi connectivity index (χ1n) is 13.4. The Kier molecular flexibility index (Phi) is 7.54. The summed E-state index contributed by atoms with van der Waals surface area (Å²) in [5.74, 6) is 0.880. The van der Waals surface area contributed by atoms with E-state index in [9.17, 15) is 4.79 Å². The molecular weight excluding hydrogens is 462 g/mol. The van der Waals surface area contributed by atoms with E-state index in [1.54, 1.807) is 14.2 Å². The Labute approximate surface area is 219 Å². The Morgan fingerprint density at radius 2 is 1.57 bits per heavy atom. The molecule has 2 aliphatic rings. The van der Waals surface area contributed by atoms with Crippen molar-refractivity contribution in [2.75, 3.05) is 24.9 Å². The van der Waals surface area contributed by atoms with Gasteiger partial charge in [-0.05, 0) is 49.4 Å². The van der Waals surface area contributed by atoms with Crippen LogP contribution in [0.4, 0.5) is 11.4 Å². The number of carbonyl (C=O) groups is 1. The molecule has 194 valence electrons. The Morgan fingerprint density at radius 3 is 2.22 bits per heavy atom. The summed E-state index contributed by atoms with van der Waals surface area (Å²) in [7, 11) is 3.29. The predicted octanol–water partition coefficient (Wildman–Crippen LogP) is 6.09. The molecule has 1 heterocycles. The molecular formula is C31H37N3O3. The first kappa shape index (κ1) is 25.0. The third-order valence-electron chi connectivity index (χ3n) is 7.77. The van der Waals surface area contributed by atoms with Crippen molar-refractivity contribution < 1.29 is 14.3 Å². The number of hydrogen-bond acceptors (Lipinski definition) is 5. The van der Waals surface area contributed by atoms with Gasteiger partial charge in [0.25, 0.3) is 0 Å². The number of amides is 1. The molecule has 3 aromatic carbocycles. The van der Waals surface area contributed by atoms with Crippen LogP contribution in [0.25, 0.3) is 0 Å². The molecule has 6 heteroatoms. The number of hydrogen-bond donors (Lipinski definition) is 3. The summed E-state index contributed by atoms with van der Waals surface area (Å²) in [4.78, 5) is 14.2. The summed E-state index contributed by atoms with van der Waals surface area (Å²) in [5.41, 5.74) is 3.06. The van der Waals surface area contributed by atoms with E-state index in [4.69, 9.17) is 9.47 Å². The van der Waals surface area contributed by atoms with Gasteiger partial charge in [-0.3, -0.25) is 4.79 Å². The zero-order chi connectivity index (χ0) is 25.7. The van der Waals surface area contributed by atoms with Crippen LogP contribution in [0, 0.1) is 5.92 Å². The van der Waals surface area contributed by atoms with Crippen LogP contribution in [0.5, 0.6) is 11.5 Å². The predicted molar refractivity (Wildman–Crippen MR) is 148 cm³/mol. The quantitative estimate of drug-likeness (QED) is 0.332. The van der Waals surface area contributed by atoms with Gasteiger partial charge >= 0.3 is 0 Å². The zero-order valence-corrected chi connectivity index (χ0v) is 21.8. The molecule has 1 aliphatic heterocycles. The molecule has 3 N–H and O–H groups in total. The van der Waals surface area contributed by atoms with Crippen molar-refractivity contribution in [3.8, 4) is 11.5 Å². The van der Waals surface area contributed by atoms with Gasteiger partial charge in [0.2, 0.25) is 5.91 Å². The Bertz CT molecular complexity index is 1180. The summed E-state index contributed by atoms with van der Waals surface area (Å²) in [5, 5.41) is 10.9. The first-order chi connectivity index (χ1) is 18.1. The maximum atomic E-state index is 14.2. The van der Waals surface area contributed by atoms with Crippen molar-refractivity contribution in [2.24, 2.45) is 5.92 Å². The SMILES string of the molecule is COc1cccc(C2(C(CCc3ccccc3)C(=O)NC3CCCCC3)Nc3ccccc3N2)c1OC. The standard InChI is InChI=1S/C31H37N3O3/c1-36-28-19-11-16-24(29(28)37-2)31(33-26-17-9-10-18-27(26)34-31)25(21-20-22-12-5-3-6-13-22)30(35)32-23-14-7-4-8-15-23/h3,5-6,9-13,16-19,23,25,33-34H,4,7-8,14-15,20-21H2,1-2H3,(H,32,35). The number of benzene rings is 3. The van der Waals surface area contributed by atoms with Gasteiger partial charge in [-0.1, -0.05) is 73.9 Å². The highest BCUT2D eigenvalue weighted by Gasteiger charge is 2.50. The summed E-state index contributed by atoms with van der Waals surface area (Å²) in [6, 6.07) is 24.6. The van der Waals surface area contributed by atoms with Crippen LogP contribution in [0.1, 0.15) is 49.7 Å². The first-order valence-corrected chi connectivity index (χ1v) is 13.4. The monoisotopic (exact) mass is 499 g/mol. The van der Waals surface area contributed by atoms with Gasteiger partial charge in [0, 0.05) is 11.6 Å². The number of fused-ring (bicyclic) bond motifs is 1. The van der Waals surface area contributed by atoms with E-state index >= 15 is 0 Å². The molecule has 1 amide bonds. The van der Waals surface area contributed by atoms with Gasteiger partial charge in [-0.15, -0.1) is 0 Å². The summed E-state index contributed by atoms with van der Waals surface area (Å²) >= 11 is 0.